The Kier molecular flexibility index (Phi) is 10.3. The van der Waals surface area contributed by atoms with Crippen molar-refractivity contribution in [2.45, 2.75) is 26.0 Å². The number of morpholine rings is 1. The SMILES string of the molecule is Cc1c(C(=O)NC/C=C/c2cc(OC3CCNC3)c3nc(Nc4ccc(N5CCOCC5)cc4)ncc3c2)c(=O)n(Cc2ccc(F)c(F)c2)n1C. The van der Waals surface area contributed by atoms with Crippen molar-refractivity contribution in [3.8, 4) is 5.75 Å². The van der Waals surface area contributed by atoms with E-state index in [1.54, 1.807) is 26.2 Å². The Morgan fingerprint density at radius 1 is 1.10 bits per heavy atom. The summed E-state index contributed by atoms with van der Waals surface area (Å²) in [7, 11) is 1.64. The first-order valence-electron chi connectivity index (χ1n) is 17.3. The molecule has 5 aromatic rings. The zero-order chi connectivity index (χ0) is 36.2. The van der Waals surface area contributed by atoms with Crippen LogP contribution in [0.1, 0.15) is 33.6 Å². The number of carbonyl (C=O) groups is 1. The molecule has 2 fully saturated rings. The minimum atomic E-state index is -1.00. The van der Waals surface area contributed by atoms with Gasteiger partial charge in [-0.3, -0.25) is 14.3 Å². The number of rotatable bonds is 11. The van der Waals surface area contributed by atoms with Crippen LogP contribution in [0.4, 0.5) is 26.1 Å². The molecular weight excluding hydrogens is 670 g/mol. The Labute approximate surface area is 299 Å². The van der Waals surface area contributed by atoms with Crippen LogP contribution < -0.4 is 31.1 Å². The van der Waals surface area contributed by atoms with Crippen molar-refractivity contribution < 1.29 is 23.0 Å². The molecule has 52 heavy (non-hydrogen) atoms. The predicted octanol–water partition coefficient (Wildman–Crippen LogP) is 4.53. The highest BCUT2D eigenvalue weighted by atomic mass is 19.2. The largest absolute Gasteiger partial charge is 0.487 e. The van der Waals surface area contributed by atoms with E-state index in [-0.39, 0.29) is 24.8 Å². The van der Waals surface area contributed by atoms with Gasteiger partial charge in [-0.1, -0.05) is 18.2 Å². The van der Waals surface area contributed by atoms with Crippen LogP contribution in [0, 0.1) is 18.6 Å². The molecule has 0 aliphatic carbocycles. The molecule has 7 rings (SSSR count). The van der Waals surface area contributed by atoms with Gasteiger partial charge >= 0.3 is 0 Å². The monoisotopic (exact) mass is 710 g/mol. The summed E-state index contributed by atoms with van der Waals surface area (Å²) in [6.45, 7) is 6.60. The third-order valence-corrected chi connectivity index (χ3v) is 9.37. The molecule has 1 amide bonds. The molecular formula is C38H40F2N8O4. The molecule has 2 aliphatic rings. The molecule has 0 saturated carbocycles. The maximum absolute atomic E-state index is 13.8. The van der Waals surface area contributed by atoms with Crippen LogP contribution in [0.3, 0.4) is 0 Å². The lowest BCUT2D eigenvalue weighted by Crippen LogP contribution is -2.36. The number of carbonyl (C=O) groups excluding carboxylic acids is 1. The number of nitrogens with zero attached hydrogens (tertiary/aromatic N) is 5. The van der Waals surface area contributed by atoms with Crippen molar-refractivity contribution >= 4 is 40.2 Å². The Hall–Kier alpha value is -5.60. The van der Waals surface area contributed by atoms with Gasteiger partial charge in [0.2, 0.25) is 5.95 Å². The Morgan fingerprint density at radius 2 is 1.90 bits per heavy atom. The first-order valence-corrected chi connectivity index (χ1v) is 17.3. The number of aromatic nitrogens is 4. The van der Waals surface area contributed by atoms with Gasteiger partial charge in [0.1, 0.15) is 22.9 Å². The minimum absolute atomic E-state index is 0.000986. The summed E-state index contributed by atoms with van der Waals surface area (Å²) in [5.41, 5.74) is 3.83. The summed E-state index contributed by atoms with van der Waals surface area (Å²) < 4.78 is 41.9. The van der Waals surface area contributed by atoms with Crippen LogP contribution in [-0.4, -0.2) is 77.3 Å². The van der Waals surface area contributed by atoms with Gasteiger partial charge in [-0.05, 0) is 79.5 Å². The van der Waals surface area contributed by atoms with E-state index in [0.29, 0.717) is 28.5 Å². The molecule has 2 aromatic heterocycles. The summed E-state index contributed by atoms with van der Waals surface area (Å²) in [5.74, 6) is -1.43. The van der Waals surface area contributed by atoms with Crippen LogP contribution >= 0.6 is 0 Å². The average molecular weight is 711 g/mol. The van der Waals surface area contributed by atoms with Crippen LogP contribution in [0.25, 0.3) is 17.0 Å². The highest BCUT2D eigenvalue weighted by Crippen LogP contribution is 2.30. The van der Waals surface area contributed by atoms with Gasteiger partial charge < -0.3 is 30.3 Å². The smallest absolute Gasteiger partial charge is 0.280 e. The van der Waals surface area contributed by atoms with Crippen molar-refractivity contribution in [2.75, 3.05) is 56.2 Å². The summed E-state index contributed by atoms with van der Waals surface area (Å²) in [6.07, 6.45) is 6.28. The van der Waals surface area contributed by atoms with E-state index in [2.05, 4.69) is 38.0 Å². The van der Waals surface area contributed by atoms with Gasteiger partial charge in [0.05, 0.1) is 19.8 Å². The van der Waals surface area contributed by atoms with E-state index in [4.69, 9.17) is 14.5 Å². The van der Waals surface area contributed by atoms with Gasteiger partial charge in [-0.15, -0.1) is 0 Å². The number of nitrogens with one attached hydrogen (secondary N) is 3. The van der Waals surface area contributed by atoms with Crippen LogP contribution in [0.2, 0.25) is 0 Å². The van der Waals surface area contributed by atoms with Gasteiger partial charge in [0, 0.05) is 61.9 Å². The number of amides is 1. The van der Waals surface area contributed by atoms with Crippen molar-refractivity contribution in [3.05, 3.63) is 111 Å². The Balaban J connectivity index is 1.05. The normalized spacial score (nSPS) is 16.2. The lowest BCUT2D eigenvalue weighted by Gasteiger charge is -2.28. The summed E-state index contributed by atoms with van der Waals surface area (Å²) in [5, 5.41) is 10.2. The molecule has 2 saturated heterocycles. The van der Waals surface area contributed by atoms with Crippen LogP contribution in [-0.2, 0) is 18.3 Å². The van der Waals surface area contributed by atoms with E-state index in [1.807, 2.05) is 30.3 Å². The zero-order valence-electron chi connectivity index (χ0n) is 29.0. The molecule has 1 atom stereocenters. The number of hydrogen-bond donors (Lipinski definition) is 3. The molecule has 1 unspecified atom stereocenters. The second-order valence-electron chi connectivity index (χ2n) is 12.9. The van der Waals surface area contributed by atoms with Crippen LogP contribution in [0.5, 0.6) is 5.75 Å². The minimum Gasteiger partial charge on any atom is -0.487 e. The second kappa shape index (κ2) is 15.3. The first kappa shape index (κ1) is 34.8. The second-order valence-corrected chi connectivity index (χ2v) is 12.9. The molecule has 0 bridgehead atoms. The van der Waals surface area contributed by atoms with Gasteiger partial charge in [-0.25, -0.2) is 23.4 Å². The Bertz CT molecular complexity index is 2170. The fourth-order valence-electron chi connectivity index (χ4n) is 6.44. The van der Waals surface area contributed by atoms with Crippen LogP contribution in [0.15, 0.2) is 71.7 Å². The first-order chi connectivity index (χ1) is 25.2. The number of halogens is 2. The summed E-state index contributed by atoms with van der Waals surface area (Å²) in [6, 6.07) is 15.5. The van der Waals surface area contributed by atoms with E-state index in [0.717, 1.165) is 80.3 Å². The summed E-state index contributed by atoms with van der Waals surface area (Å²) in [4.78, 5) is 38.1. The molecule has 4 heterocycles. The fraction of sp³-hybridized carbons (Fsp3) is 0.316. The molecule has 3 aromatic carbocycles. The molecule has 0 spiro atoms. The molecule has 2 aliphatic heterocycles. The average Bonchev–Trinajstić information content (AvgIpc) is 3.74. The van der Waals surface area contributed by atoms with Crippen molar-refractivity contribution in [1.82, 2.24) is 30.0 Å². The van der Waals surface area contributed by atoms with Gasteiger partial charge in [-0.2, -0.15) is 0 Å². The molecule has 0 radical (unpaired) electrons. The van der Waals surface area contributed by atoms with Gasteiger partial charge in [0.15, 0.2) is 11.6 Å². The van der Waals surface area contributed by atoms with Crippen molar-refractivity contribution in [3.63, 3.8) is 0 Å². The lowest BCUT2D eigenvalue weighted by atomic mass is 10.1. The number of hydrogen-bond acceptors (Lipinski definition) is 9. The predicted molar refractivity (Wildman–Crippen MR) is 195 cm³/mol. The molecule has 14 heteroatoms. The number of benzene rings is 3. The molecule has 3 N–H and O–H groups in total. The number of fused-ring (bicyclic) bond motifs is 1. The lowest BCUT2D eigenvalue weighted by molar-refractivity contribution is 0.0956. The Morgan fingerprint density at radius 3 is 2.65 bits per heavy atom. The van der Waals surface area contributed by atoms with E-state index in [9.17, 15) is 18.4 Å². The standard InChI is InChI=1S/C38H40F2N8O4/c1-24-34(37(50)48(46(24)2)23-26-5-10-31(39)32(40)19-26)36(49)42-12-3-4-25-18-27-21-43-38(45-35(27)33(20-25)52-30-11-13-41-22-30)44-28-6-8-29(9-7-28)47-14-16-51-17-15-47/h3-10,18-21,30,41H,11-17,22-23H2,1-2H3,(H,42,49)(H,43,44,45)/b4-3+. The third-order valence-electron chi connectivity index (χ3n) is 9.37. The summed E-state index contributed by atoms with van der Waals surface area (Å²) >= 11 is 0. The third kappa shape index (κ3) is 7.67. The number of anilines is 3. The molecule has 12 nitrogen and oxygen atoms in total. The fourth-order valence-corrected chi connectivity index (χ4v) is 6.44. The number of ether oxygens (including phenoxy) is 2. The van der Waals surface area contributed by atoms with E-state index >= 15 is 0 Å². The van der Waals surface area contributed by atoms with E-state index < -0.39 is 23.1 Å². The van der Waals surface area contributed by atoms with Gasteiger partial charge in [0.25, 0.3) is 11.5 Å². The maximum Gasteiger partial charge on any atom is 0.280 e. The zero-order valence-corrected chi connectivity index (χ0v) is 29.0. The van der Waals surface area contributed by atoms with Crippen molar-refractivity contribution in [2.24, 2.45) is 7.05 Å². The van der Waals surface area contributed by atoms with E-state index in [1.165, 1.54) is 15.4 Å². The molecule has 270 valence electrons. The topological polar surface area (TPSA) is 128 Å². The highest BCUT2D eigenvalue weighted by molar-refractivity contribution is 5.95. The van der Waals surface area contributed by atoms with Crippen molar-refractivity contribution in [1.29, 1.82) is 0 Å². The quantitative estimate of drug-likeness (QED) is 0.181. The maximum atomic E-state index is 13.8. The highest BCUT2D eigenvalue weighted by Gasteiger charge is 2.22.